The molecule has 1 N–H and O–H groups in total. The van der Waals surface area contributed by atoms with E-state index in [1.165, 1.54) is 4.90 Å². The molecule has 1 aliphatic heterocycles. The highest BCUT2D eigenvalue weighted by molar-refractivity contribution is 5.90. The van der Waals surface area contributed by atoms with E-state index in [1.54, 1.807) is 18.7 Å². The van der Waals surface area contributed by atoms with Crippen molar-refractivity contribution in [3.05, 3.63) is 0 Å². The SMILES string of the molecule is CCCC(C)N1CC(C(=O)N(CC(=O)O)C(C)C)CC1=O. The highest BCUT2D eigenvalue weighted by atomic mass is 16.4. The second-order valence-electron chi connectivity index (χ2n) is 6.04. The molecule has 0 aromatic carbocycles. The van der Waals surface area contributed by atoms with Gasteiger partial charge in [-0.15, -0.1) is 0 Å². The molecule has 0 aliphatic carbocycles. The standard InChI is InChI=1S/C15H26N2O4/c1-5-6-11(4)17-8-12(7-13(17)18)15(21)16(10(2)3)9-14(19)20/h10-12H,5-9H2,1-4H3,(H,19,20). The minimum Gasteiger partial charge on any atom is -0.480 e. The quantitative estimate of drug-likeness (QED) is 0.769. The summed E-state index contributed by atoms with van der Waals surface area (Å²) in [6.07, 6.45) is 2.09. The van der Waals surface area contributed by atoms with Crippen molar-refractivity contribution in [2.75, 3.05) is 13.1 Å². The van der Waals surface area contributed by atoms with Crippen molar-refractivity contribution in [3.8, 4) is 0 Å². The number of hydrogen-bond acceptors (Lipinski definition) is 3. The van der Waals surface area contributed by atoms with Gasteiger partial charge in [0.25, 0.3) is 0 Å². The van der Waals surface area contributed by atoms with Gasteiger partial charge in [0.15, 0.2) is 0 Å². The summed E-state index contributed by atoms with van der Waals surface area (Å²) in [5.74, 6) is -1.68. The Labute approximate surface area is 126 Å². The fraction of sp³-hybridized carbons (Fsp3) is 0.800. The molecule has 0 spiro atoms. The van der Waals surface area contributed by atoms with Crippen molar-refractivity contribution in [2.24, 2.45) is 5.92 Å². The Balaban J connectivity index is 2.75. The third-order valence-electron chi connectivity index (χ3n) is 3.96. The molecule has 21 heavy (non-hydrogen) atoms. The Bertz CT molecular complexity index is 408. The zero-order valence-corrected chi connectivity index (χ0v) is 13.3. The van der Waals surface area contributed by atoms with Crippen LogP contribution in [0.25, 0.3) is 0 Å². The Kier molecular flexibility index (Phi) is 6.18. The molecule has 6 heteroatoms. The maximum absolute atomic E-state index is 12.5. The first-order valence-corrected chi connectivity index (χ1v) is 7.59. The molecule has 0 aromatic rings. The first-order chi connectivity index (χ1) is 9.77. The number of carbonyl (C=O) groups excluding carboxylic acids is 2. The molecule has 0 saturated carbocycles. The predicted molar refractivity (Wildman–Crippen MR) is 78.7 cm³/mol. The van der Waals surface area contributed by atoms with Crippen LogP contribution in [0.4, 0.5) is 0 Å². The van der Waals surface area contributed by atoms with Gasteiger partial charge in [0.2, 0.25) is 11.8 Å². The number of nitrogens with zero attached hydrogens (tertiary/aromatic N) is 2. The minimum atomic E-state index is -1.03. The summed E-state index contributed by atoms with van der Waals surface area (Å²) in [5.41, 5.74) is 0. The lowest BCUT2D eigenvalue weighted by atomic mass is 10.1. The maximum atomic E-state index is 12.5. The number of carboxylic acid groups (broad SMARTS) is 1. The van der Waals surface area contributed by atoms with Crippen LogP contribution >= 0.6 is 0 Å². The minimum absolute atomic E-state index is 0.00617. The van der Waals surface area contributed by atoms with Crippen molar-refractivity contribution in [2.45, 2.75) is 59.0 Å². The predicted octanol–water partition coefficient (Wildman–Crippen LogP) is 1.35. The van der Waals surface area contributed by atoms with E-state index in [-0.39, 0.29) is 36.9 Å². The number of rotatable bonds is 7. The number of carbonyl (C=O) groups is 3. The molecule has 1 heterocycles. The van der Waals surface area contributed by atoms with Gasteiger partial charge in [0.05, 0.1) is 5.92 Å². The lowest BCUT2D eigenvalue weighted by Gasteiger charge is -2.28. The monoisotopic (exact) mass is 298 g/mol. The summed E-state index contributed by atoms with van der Waals surface area (Å²) in [7, 11) is 0. The normalized spacial score (nSPS) is 20.0. The van der Waals surface area contributed by atoms with Gasteiger partial charge in [0.1, 0.15) is 6.54 Å². The Morgan fingerprint density at radius 1 is 1.38 bits per heavy atom. The third-order valence-corrected chi connectivity index (χ3v) is 3.96. The van der Waals surface area contributed by atoms with E-state index in [4.69, 9.17) is 5.11 Å². The summed E-state index contributed by atoms with van der Waals surface area (Å²) in [6.45, 7) is 7.72. The van der Waals surface area contributed by atoms with Crippen LogP contribution in [0.15, 0.2) is 0 Å². The largest absolute Gasteiger partial charge is 0.480 e. The molecule has 0 bridgehead atoms. The van der Waals surface area contributed by atoms with Gasteiger partial charge in [0, 0.05) is 25.0 Å². The van der Waals surface area contributed by atoms with Crippen LogP contribution in [-0.2, 0) is 14.4 Å². The summed E-state index contributed by atoms with van der Waals surface area (Å²) in [5, 5.41) is 8.92. The zero-order valence-electron chi connectivity index (χ0n) is 13.3. The number of hydrogen-bond donors (Lipinski definition) is 1. The van der Waals surface area contributed by atoms with E-state index in [1.807, 2.05) is 6.92 Å². The lowest BCUT2D eigenvalue weighted by Crippen LogP contribution is -2.45. The second kappa shape index (κ2) is 7.43. The molecule has 1 saturated heterocycles. The van der Waals surface area contributed by atoms with Crippen molar-refractivity contribution >= 4 is 17.8 Å². The van der Waals surface area contributed by atoms with E-state index in [2.05, 4.69) is 6.92 Å². The number of amides is 2. The molecule has 2 atom stereocenters. The molecule has 2 amide bonds. The lowest BCUT2D eigenvalue weighted by molar-refractivity contribution is -0.147. The van der Waals surface area contributed by atoms with Crippen molar-refractivity contribution in [3.63, 3.8) is 0 Å². The van der Waals surface area contributed by atoms with Gasteiger partial charge in [-0.05, 0) is 27.2 Å². The maximum Gasteiger partial charge on any atom is 0.323 e. The van der Waals surface area contributed by atoms with Crippen LogP contribution < -0.4 is 0 Å². The highest BCUT2D eigenvalue weighted by Crippen LogP contribution is 2.24. The third kappa shape index (κ3) is 4.44. The number of carboxylic acids is 1. The van der Waals surface area contributed by atoms with Gasteiger partial charge in [-0.25, -0.2) is 0 Å². The second-order valence-corrected chi connectivity index (χ2v) is 6.04. The molecule has 0 aromatic heterocycles. The van der Waals surface area contributed by atoms with Crippen molar-refractivity contribution in [1.82, 2.24) is 9.80 Å². The zero-order chi connectivity index (χ0) is 16.2. The molecule has 1 aliphatic rings. The van der Waals surface area contributed by atoms with Crippen LogP contribution in [-0.4, -0.2) is 57.9 Å². The average molecular weight is 298 g/mol. The molecular weight excluding hydrogens is 272 g/mol. The summed E-state index contributed by atoms with van der Waals surface area (Å²) in [4.78, 5) is 38.5. The molecular formula is C15H26N2O4. The molecule has 0 radical (unpaired) electrons. The van der Waals surface area contributed by atoms with E-state index in [0.717, 1.165) is 12.8 Å². The highest BCUT2D eigenvalue weighted by Gasteiger charge is 2.39. The summed E-state index contributed by atoms with van der Waals surface area (Å²) in [6, 6.07) is -0.0573. The van der Waals surface area contributed by atoms with Crippen molar-refractivity contribution in [1.29, 1.82) is 0 Å². The van der Waals surface area contributed by atoms with E-state index >= 15 is 0 Å². The van der Waals surface area contributed by atoms with Gasteiger partial charge in [-0.1, -0.05) is 13.3 Å². The number of aliphatic carboxylic acids is 1. The Hall–Kier alpha value is -1.59. The topological polar surface area (TPSA) is 77.9 Å². The van der Waals surface area contributed by atoms with Crippen LogP contribution in [0.3, 0.4) is 0 Å². The Morgan fingerprint density at radius 2 is 2.00 bits per heavy atom. The molecule has 6 nitrogen and oxygen atoms in total. The average Bonchev–Trinajstić information content (AvgIpc) is 2.77. The van der Waals surface area contributed by atoms with Gasteiger partial charge in [-0.3, -0.25) is 14.4 Å². The van der Waals surface area contributed by atoms with Gasteiger partial charge < -0.3 is 14.9 Å². The van der Waals surface area contributed by atoms with E-state index < -0.39 is 11.9 Å². The van der Waals surface area contributed by atoms with Crippen LogP contribution in [0.1, 0.15) is 47.0 Å². The van der Waals surface area contributed by atoms with Crippen LogP contribution in [0.5, 0.6) is 0 Å². The number of likely N-dealkylation sites (tertiary alicyclic amines) is 1. The smallest absolute Gasteiger partial charge is 0.323 e. The molecule has 1 fully saturated rings. The van der Waals surface area contributed by atoms with Crippen LogP contribution in [0.2, 0.25) is 0 Å². The Morgan fingerprint density at radius 3 is 2.48 bits per heavy atom. The molecule has 120 valence electrons. The molecule has 1 rings (SSSR count). The van der Waals surface area contributed by atoms with E-state index in [9.17, 15) is 14.4 Å². The summed E-state index contributed by atoms with van der Waals surface area (Å²) >= 11 is 0. The first kappa shape index (κ1) is 17.5. The van der Waals surface area contributed by atoms with Gasteiger partial charge >= 0.3 is 5.97 Å². The van der Waals surface area contributed by atoms with Gasteiger partial charge in [-0.2, -0.15) is 0 Å². The first-order valence-electron chi connectivity index (χ1n) is 7.59. The fourth-order valence-corrected chi connectivity index (χ4v) is 2.79. The van der Waals surface area contributed by atoms with E-state index in [0.29, 0.717) is 6.54 Å². The fourth-order valence-electron chi connectivity index (χ4n) is 2.79. The van der Waals surface area contributed by atoms with Crippen LogP contribution in [0, 0.1) is 5.92 Å². The van der Waals surface area contributed by atoms with Crippen molar-refractivity contribution < 1.29 is 19.5 Å². The summed E-state index contributed by atoms with van der Waals surface area (Å²) < 4.78 is 0. The molecule has 2 unspecified atom stereocenters.